The van der Waals surface area contributed by atoms with Crippen molar-refractivity contribution in [2.75, 3.05) is 13.7 Å². The zero-order valence-electron chi connectivity index (χ0n) is 10.8. The van der Waals surface area contributed by atoms with Gasteiger partial charge < -0.3 is 15.2 Å². The number of nitrogens with two attached hydrogens (primary N) is 1. The highest BCUT2D eigenvalue weighted by molar-refractivity contribution is 5.79. The Bertz CT molecular complexity index is 456. The molecule has 0 aliphatic heterocycles. The van der Waals surface area contributed by atoms with Crippen LogP contribution in [0.1, 0.15) is 13.3 Å². The monoisotopic (exact) mass is 268 g/mol. The van der Waals surface area contributed by atoms with Crippen LogP contribution in [0.4, 0.5) is 5.69 Å². The quantitative estimate of drug-likeness (QED) is 0.473. The average molecular weight is 268 g/mol. The van der Waals surface area contributed by atoms with Crippen LogP contribution in [0.25, 0.3) is 0 Å². The number of esters is 1. The number of carbonyl (C=O) groups excluding carboxylic acids is 1. The van der Waals surface area contributed by atoms with E-state index in [1.807, 2.05) is 0 Å². The summed E-state index contributed by atoms with van der Waals surface area (Å²) in [6, 6.07) is 5.67. The standard InChI is InChI=1S/C12H16N2O5/c1-12(13,11(15)18-2)7-8-19-10-5-3-9(4-6-10)14(16)17/h3-6H,7-8,13H2,1-2H3. The Morgan fingerprint density at radius 2 is 2.00 bits per heavy atom. The molecule has 104 valence electrons. The molecule has 0 aliphatic carbocycles. The first-order chi connectivity index (χ1) is 8.86. The molecule has 1 aromatic rings. The third-order valence-electron chi connectivity index (χ3n) is 2.59. The van der Waals surface area contributed by atoms with Crippen LogP contribution in [0.5, 0.6) is 5.75 Å². The highest BCUT2D eigenvalue weighted by atomic mass is 16.6. The number of non-ortho nitro benzene ring substituents is 1. The molecule has 0 saturated carbocycles. The van der Waals surface area contributed by atoms with Crippen LogP contribution in [0.15, 0.2) is 24.3 Å². The summed E-state index contributed by atoms with van der Waals surface area (Å²) in [5.74, 6) is -0.0361. The summed E-state index contributed by atoms with van der Waals surface area (Å²) in [6.45, 7) is 1.76. The summed E-state index contributed by atoms with van der Waals surface area (Å²) in [7, 11) is 1.27. The first-order valence-corrected chi connectivity index (χ1v) is 5.61. The van der Waals surface area contributed by atoms with Gasteiger partial charge in [0.2, 0.25) is 0 Å². The number of rotatable bonds is 6. The van der Waals surface area contributed by atoms with E-state index < -0.39 is 16.4 Å². The summed E-state index contributed by atoms with van der Waals surface area (Å²) >= 11 is 0. The number of hydrogen-bond donors (Lipinski definition) is 1. The van der Waals surface area contributed by atoms with E-state index in [-0.39, 0.29) is 18.7 Å². The summed E-state index contributed by atoms with van der Waals surface area (Å²) in [4.78, 5) is 21.3. The SMILES string of the molecule is COC(=O)C(C)(N)CCOc1ccc([N+](=O)[O-])cc1. The number of benzene rings is 1. The van der Waals surface area contributed by atoms with Crippen molar-refractivity contribution in [3.05, 3.63) is 34.4 Å². The third kappa shape index (κ3) is 4.22. The zero-order valence-corrected chi connectivity index (χ0v) is 10.8. The molecule has 0 saturated heterocycles. The molecule has 1 rings (SSSR count). The van der Waals surface area contributed by atoms with Gasteiger partial charge >= 0.3 is 5.97 Å². The largest absolute Gasteiger partial charge is 0.494 e. The lowest BCUT2D eigenvalue weighted by atomic mass is 10.0. The van der Waals surface area contributed by atoms with Gasteiger partial charge in [-0.3, -0.25) is 14.9 Å². The molecule has 0 spiro atoms. The Hall–Kier alpha value is -2.15. The number of methoxy groups -OCH3 is 1. The van der Waals surface area contributed by atoms with E-state index in [9.17, 15) is 14.9 Å². The maximum absolute atomic E-state index is 11.3. The van der Waals surface area contributed by atoms with Gasteiger partial charge in [-0.15, -0.1) is 0 Å². The highest BCUT2D eigenvalue weighted by Gasteiger charge is 2.29. The predicted octanol–water partition coefficient (Wildman–Crippen LogP) is 1.25. The number of ether oxygens (including phenoxy) is 2. The van der Waals surface area contributed by atoms with Gasteiger partial charge in [-0.1, -0.05) is 0 Å². The fraction of sp³-hybridized carbons (Fsp3) is 0.417. The maximum atomic E-state index is 11.3. The fourth-order valence-corrected chi connectivity index (χ4v) is 1.38. The van der Waals surface area contributed by atoms with Gasteiger partial charge in [-0.05, 0) is 19.1 Å². The Balaban J connectivity index is 2.49. The molecule has 1 aromatic carbocycles. The van der Waals surface area contributed by atoms with Crippen LogP contribution in [0, 0.1) is 10.1 Å². The number of nitrogens with zero attached hydrogens (tertiary/aromatic N) is 1. The van der Waals surface area contributed by atoms with Gasteiger partial charge in [0.1, 0.15) is 11.3 Å². The molecule has 1 atom stereocenters. The number of nitro groups is 1. The summed E-state index contributed by atoms with van der Waals surface area (Å²) in [5, 5.41) is 10.5. The molecule has 0 radical (unpaired) electrons. The van der Waals surface area contributed by atoms with Gasteiger partial charge in [0.15, 0.2) is 0 Å². The number of hydrogen-bond acceptors (Lipinski definition) is 6. The van der Waals surface area contributed by atoms with Gasteiger partial charge in [0, 0.05) is 18.6 Å². The number of carbonyl (C=O) groups is 1. The van der Waals surface area contributed by atoms with Crippen molar-refractivity contribution < 1.29 is 19.2 Å². The molecule has 0 bridgehead atoms. The third-order valence-corrected chi connectivity index (χ3v) is 2.59. The lowest BCUT2D eigenvalue weighted by Gasteiger charge is -2.21. The van der Waals surface area contributed by atoms with Crippen molar-refractivity contribution >= 4 is 11.7 Å². The summed E-state index contributed by atoms with van der Waals surface area (Å²) < 4.78 is 9.93. The molecular weight excluding hydrogens is 252 g/mol. The van der Waals surface area contributed by atoms with Gasteiger partial charge in [-0.25, -0.2) is 0 Å². The van der Waals surface area contributed by atoms with Crippen molar-refractivity contribution in [3.8, 4) is 5.75 Å². The fourth-order valence-electron chi connectivity index (χ4n) is 1.38. The Morgan fingerprint density at radius 1 is 1.42 bits per heavy atom. The van der Waals surface area contributed by atoms with Crippen LogP contribution in [0.2, 0.25) is 0 Å². The normalized spacial score (nSPS) is 13.4. The topological polar surface area (TPSA) is 105 Å². The van der Waals surface area contributed by atoms with Crippen LogP contribution < -0.4 is 10.5 Å². The molecular formula is C12H16N2O5. The second-order valence-corrected chi connectivity index (χ2v) is 4.26. The second kappa shape index (κ2) is 6.14. The van der Waals surface area contributed by atoms with Crippen LogP contribution in [-0.2, 0) is 9.53 Å². The van der Waals surface area contributed by atoms with Crippen LogP contribution in [0.3, 0.4) is 0 Å². The summed E-state index contributed by atoms with van der Waals surface area (Å²) in [5.41, 5.74) is 4.63. The van der Waals surface area contributed by atoms with Crippen molar-refractivity contribution in [2.45, 2.75) is 18.9 Å². The van der Waals surface area contributed by atoms with E-state index in [0.717, 1.165) is 0 Å². The van der Waals surface area contributed by atoms with E-state index in [4.69, 9.17) is 10.5 Å². The maximum Gasteiger partial charge on any atom is 0.325 e. The zero-order chi connectivity index (χ0) is 14.5. The lowest BCUT2D eigenvalue weighted by molar-refractivity contribution is -0.384. The smallest absolute Gasteiger partial charge is 0.325 e. The Labute approximate surface area is 110 Å². The molecule has 2 N–H and O–H groups in total. The van der Waals surface area contributed by atoms with E-state index in [1.54, 1.807) is 6.92 Å². The van der Waals surface area contributed by atoms with Crippen LogP contribution in [-0.4, -0.2) is 30.1 Å². The molecule has 1 unspecified atom stereocenters. The molecule has 0 heterocycles. The van der Waals surface area contributed by atoms with E-state index >= 15 is 0 Å². The molecule has 0 aromatic heterocycles. The van der Waals surface area contributed by atoms with Gasteiger partial charge in [-0.2, -0.15) is 0 Å². The first-order valence-electron chi connectivity index (χ1n) is 5.61. The molecule has 7 heteroatoms. The average Bonchev–Trinajstić information content (AvgIpc) is 2.38. The first kappa shape index (κ1) is 14.9. The minimum absolute atomic E-state index is 0.00873. The Kier molecular flexibility index (Phi) is 4.82. The van der Waals surface area contributed by atoms with E-state index in [0.29, 0.717) is 5.75 Å². The summed E-state index contributed by atoms with van der Waals surface area (Å²) in [6.07, 6.45) is 0.274. The van der Waals surface area contributed by atoms with Gasteiger partial charge in [0.05, 0.1) is 18.6 Å². The number of nitro benzene ring substituents is 1. The second-order valence-electron chi connectivity index (χ2n) is 4.26. The molecule has 0 amide bonds. The van der Waals surface area contributed by atoms with Gasteiger partial charge in [0.25, 0.3) is 5.69 Å². The van der Waals surface area contributed by atoms with E-state index in [2.05, 4.69) is 4.74 Å². The minimum Gasteiger partial charge on any atom is -0.494 e. The lowest BCUT2D eigenvalue weighted by Crippen LogP contribution is -2.46. The van der Waals surface area contributed by atoms with E-state index in [1.165, 1.54) is 31.4 Å². The predicted molar refractivity (Wildman–Crippen MR) is 67.8 cm³/mol. The molecule has 19 heavy (non-hydrogen) atoms. The Morgan fingerprint density at radius 3 is 2.47 bits per heavy atom. The van der Waals surface area contributed by atoms with Crippen molar-refractivity contribution in [1.29, 1.82) is 0 Å². The van der Waals surface area contributed by atoms with Crippen molar-refractivity contribution in [1.82, 2.24) is 0 Å². The molecule has 7 nitrogen and oxygen atoms in total. The van der Waals surface area contributed by atoms with Crippen molar-refractivity contribution in [2.24, 2.45) is 5.73 Å². The molecule has 0 fully saturated rings. The highest BCUT2D eigenvalue weighted by Crippen LogP contribution is 2.18. The van der Waals surface area contributed by atoms with Crippen LogP contribution >= 0.6 is 0 Å². The van der Waals surface area contributed by atoms with Crippen molar-refractivity contribution in [3.63, 3.8) is 0 Å². The minimum atomic E-state index is -1.12. The molecule has 0 aliphatic rings.